The van der Waals surface area contributed by atoms with Gasteiger partial charge in [0.2, 0.25) is 5.91 Å². The second-order valence-corrected chi connectivity index (χ2v) is 6.68. The van der Waals surface area contributed by atoms with Gasteiger partial charge >= 0.3 is 5.97 Å². The number of nitrogens with one attached hydrogen (secondary N) is 1. The first-order chi connectivity index (χ1) is 11.7. The molecule has 0 saturated heterocycles. The summed E-state index contributed by atoms with van der Waals surface area (Å²) in [6.07, 6.45) is 17.6. The van der Waals surface area contributed by atoms with E-state index in [2.05, 4.69) is 12.2 Å². The lowest BCUT2D eigenvalue weighted by Gasteiger charge is -2.05. The molecule has 0 rings (SSSR count). The van der Waals surface area contributed by atoms with E-state index in [0.29, 0.717) is 13.0 Å². The number of esters is 1. The average Bonchev–Trinajstić information content (AvgIpc) is 2.55. The van der Waals surface area contributed by atoms with Crippen LogP contribution in [0.15, 0.2) is 0 Å². The van der Waals surface area contributed by atoms with Crippen molar-refractivity contribution in [2.75, 3.05) is 13.2 Å². The minimum Gasteiger partial charge on any atom is -0.464 e. The molecule has 0 aliphatic heterocycles. The highest BCUT2D eigenvalue weighted by Crippen LogP contribution is 2.12. The van der Waals surface area contributed by atoms with Crippen molar-refractivity contribution in [3.8, 4) is 0 Å². The van der Waals surface area contributed by atoms with E-state index in [-0.39, 0.29) is 18.5 Å². The van der Waals surface area contributed by atoms with E-state index < -0.39 is 0 Å². The van der Waals surface area contributed by atoms with Crippen LogP contribution in [0.2, 0.25) is 0 Å². The third-order valence-electron chi connectivity index (χ3n) is 4.24. The van der Waals surface area contributed by atoms with Gasteiger partial charge < -0.3 is 10.1 Å². The number of hydrogen-bond donors (Lipinski definition) is 1. The third kappa shape index (κ3) is 19.0. The summed E-state index contributed by atoms with van der Waals surface area (Å²) >= 11 is 0. The standard InChI is InChI=1S/C20H39NO3/c1-3-4-5-6-7-8-9-10-11-12-13-14-15-16-20(23)21-17-18-24-19(2)22/h3-18H2,1-2H3,(H,21,23). The zero-order valence-electron chi connectivity index (χ0n) is 16.0. The Kier molecular flexibility index (Phi) is 17.5. The maximum atomic E-state index is 11.5. The smallest absolute Gasteiger partial charge is 0.302 e. The van der Waals surface area contributed by atoms with Crippen LogP contribution < -0.4 is 5.32 Å². The Morgan fingerprint density at radius 3 is 1.67 bits per heavy atom. The fourth-order valence-electron chi connectivity index (χ4n) is 2.78. The molecule has 1 N–H and O–H groups in total. The van der Waals surface area contributed by atoms with Crippen molar-refractivity contribution in [1.82, 2.24) is 5.32 Å². The summed E-state index contributed by atoms with van der Waals surface area (Å²) in [6.45, 7) is 4.31. The number of unbranched alkanes of at least 4 members (excludes halogenated alkanes) is 12. The van der Waals surface area contributed by atoms with E-state index in [4.69, 9.17) is 4.74 Å². The van der Waals surface area contributed by atoms with Crippen LogP contribution in [0.5, 0.6) is 0 Å². The molecule has 4 nitrogen and oxygen atoms in total. The minimum absolute atomic E-state index is 0.0604. The van der Waals surface area contributed by atoms with Gasteiger partial charge in [-0.15, -0.1) is 0 Å². The van der Waals surface area contributed by atoms with Crippen LogP contribution in [0.25, 0.3) is 0 Å². The van der Waals surface area contributed by atoms with Gasteiger partial charge in [-0.2, -0.15) is 0 Å². The Bertz CT molecular complexity index is 305. The molecule has 0 bridgehead atoms. The Labute approximate surface area is 149 Å². The lowest BCUT2D eigenvalue weighted by atomic mass is 10.0. The van der Waals surface area contributed by atoms with Gasteiger partial charge in [-0.05, 0) is 6.42 Å². The Balaban J connectivity index is 3.14. The highest BCUT2D eigenvalue weighted by molar-refractivity contribution is 5.75. The molecule has 0 atom stereocenters. The van der Waals surface area contributed by atoms with Crippen LogP contribution in [0.3, 0.4) is 0 Å². The van der Waals surface area contributed by atoms with Crippen molar-refractivity contribution in [3.05, 3.63) is 0 Å². The van der Waals surface area contributed by atoms with Crippen molar-refractivity contribution >= 4 is 11.9 Å². The summed E-state index contributed by atoms with van der Waals surface area (Å²) in [5.41, 5.74) is 0. The van der Waals surface area contributed by atoms with Crippen molar-refractivity contribution in [2.24, 2.45) is 0 Å². The fourth-order valence-corrected chi connectivity index (χ4v) is 2.78. The summed E-state index contributed by atoms with van der Waals surface area (Å²) in [6, 6.07) is 0. The average molecular weight is 342 g/mol. The molecule has 1 amide bonds. The van der Waals surface area contributed by atoms with Gasteiger partial charge in [0.1, 0.15) is 6.61 Å². The zero-order valence-corrected chi connectivity index (χ0v) is 16.0. The van der Waals surface area contributed by atoms with E-state index in [9.17, 15) is 9.59 Å². The first kappa shape index (κ1) is 22.9. The molecule has 0 aromatic rings. The van der Waals surface area contributed by atoms with Crippen LogP contribution in [0, 0.1) is 0 Å². The molecule has 0 aliphatic rings. The highest BCUT2D eigenvalue weighted by Gasteiger charge is 2.01. The van der Waals surface area contributed by atoms with Gasteiger partial charge in [0.25, 0.3) is 0 Å². The van der Waals surface area contributed by atoms with E-state index in [1.54, 1.807) is 0 Å². The van der Waals surface area contributed by atoms with E-state index in [1.807, 2.05) is 0 Å². The molecule has 0 spiro atoms. The van der Waals surface area contributed by atoms with Crippen LogP contribution in [-0.4, -0.2) is 25.0 Å². The van der Waals surface area contributed by atoms with Crippen molar-refractivity contribution in [3.63, 3.8) is 0 Å². The lowest BCUT2D eigenvalue weighted by molar-refractivity contribution is -0.141. The second kappa shape index (κ2) is 18.3. The van der Waals surface area contributed by atoms with Crippen LogP contribution >= 0.6 is 0 Å². The summed E-state index contributed by atoms with van der Waals surface area (Å²) in [5, 5.41) is 2.77. The number of hydrogen-bond acceptors (Lipinski definition) is 3. The number of carbonyl (C=O) groups is 2. The topological polar surface area (TPSA) is 55.4 Å². The summed E-state index contributed by atoms with van der Waals surface area (Å²) in [4.78, 5) is 22.1. The number of amides is 1. The fraction of sp³-hybridized carbons (Fsp3) is 0.900. The maximum Gasteiger partial charge on any atom is 0.302 e. The molecule has 0 aliphatic carbocycles. The Morgan fingerprint density at radius 2 is 1.21 bits per heavy atom. The van der Waals surface area contributed by atoms with Crippen molar-refractivity contribution < 1.29 is 14.3 Å². The molecule has 0 heterocycles. The van der Waals surface area contributed by atoms with Gasteiger partial charge in [0.15, 0.2) is 0 Å². The van der Waals surface area contributed by atoms with Gasteiger partial charge in [0, 0.05) is 13.3 Å². The minimum atomic E-state index is -0.305. The number of carbonyl (C=O) groups excluding carboxylic acids is 2. The maximum absolute atomic E-state index is 11.5. The summed E-state index contributed by atoms with van der Waals surface area (Å²) < 4.78 is 4.76. The first-order valence-electron chi connectivity index (χ1n) is 10.1. The molecule has 24 heavy (non-hydrogen) atoms. The van der Waals surface area contributed by atoms with E-state index in [0.717, 1.165) is 12.8 Å². The molecule has 0 unspecified atom stereocenters. The largest absolute Gasteiger partial charge is 0.464 e. The molecule has 0 fully saturated rings. The van der Waals surface area contributed by atoms with Gasteiger partial charge in [-0.3, -0.25) is 9.59 Å². The number of ether oxygens (including phenoxy) is 1. The Morgan fingerprint density at radius 1 is 0.750 bits per heavy atom. The molecular formula is C20H39NO3. The van der Waals surface area contributed by atoms with Crippen molar-refractivity contribution in [1.29, 1.82) is 0 Å². The zero-order chi connectivity index (χ0) is 17.9. The van der Waals surface area contributed by atoms with E-state index in [1.165, 1.54) is 77.6 Å². The molecule has 142 valence electrons. The predicted molar refractivity (Wildman–Crippen MR) is 100.0 cm³/mol. The van der Waals surface area contributed by atoms with Gasteiger partial charge in [0.05, 0.1) is 6.54 Å². The molecule has 0 saturated carbocycles. The number of rotatable bonds is 17. The monoisotopic (exact) mass is 341 g/mol. The van der Waals surface area contributed by atoms with E-state index >= 15 is 0 Å². The molecule has 0 radical (unpaired) electrons. The quantitative estimate of drug-likeness (QED) is 0.294. The van der Waals surface area contributed by atoms with Crippen LogP contribution in [-0.2, 0) is 14.3 Å². The van der Waals surface area contributed by atoms with Crippen molar-refractivity contribution in [2.45, 2.75) is 104 Å². The highest BCUT2D eigenvalue weighted by atomic mass is 16.5. The third-order valence-corrected chi connectivity index (χ3v) is 4.24. The molecule has 4 heteroatoms. The second-order valence-electron chi connectivity index (χ2n) is 6.68. The Hall–Kier alpha value is -1.06. The molecular weight excluding hydrogens is 302 g/mol. The summed E-state index contributed by atoms with van der Waals surface area (Å²) in [7, 11) is 0. The van der Waals surface area contributed by atoms with Crippen LogP contribution in [0.4, 0.5) is 0 Å². The summed E-state index contributed by atoms with van der Waals surface area (Å²) in [5.74, 6) is -0.244. The SMILES string of the molecule is CCCCCCCCCCCCCCCC(=O)NCCOC(C)=O. The van der Waals surface area contributed by atoms with Gasteiger partial charge in [-0.1, -0.05) is 84.0 Å². The first-order valence-corrected chi connectivity index (χ1v) is 10.1. The van der Waals surface area contributed by atoms with Crippen LogP contribution in [0.1, 0.15) is 104 Å². The predicted octanol–water partition coefficient (Wildman–Crippen LogP) is 5.15. The normalized spacial score (nSPS) is 10.6. The lowest BCUT2D eigenvalue weighted by Crippen LogP contribution is -2.27. The molecule has 0 aromatic carbocycles. The molecule has 0 aromatic heterocycles. The van der Waals surface area contributed by atoms with Gasteiger partial charge in [-0.25, -0.2) is 0 Å².